The quantitative estimate of drug-likeness (QED) is 0.611. The zero-order chi connectivity index (χ0) is 14.3. The third kappa shape index (κ3) is 3.58. The highest BCUT2D eigenvalue weighted by atomic mass is 16.1. The summed E-state index contributed by atoms with van der Waals surface area (Å²) < 4.78 is 0.945. The summed E-state index contributed by atoms with van der Waals surface area (Å²) in [7, 11) is 0. The minimum Gasteiger partial charge on any atom is -0.393 e. The summed E-state index contributed by atoms with van der Waals surface area (Å²) in [5.74, 6) is 6.04. The van der Waals surface area contributed by atoms with Crippen molar-refractivity contribution in [1.82, 2.24) is 9.66 Å². The van der Waals surface area contributed by atoms with Crippen molar-refractivity contribution in [2.24, 2.45) is 0 Å². The number of carbonyl (C=O) groups excluding carboxylic acids is 1. The van der Waals surface area contributed by atoms with Crippen LogP contribution in [0.4, 0.5) is 5.69 Å². The molecule has 6 nitrogen and oxygen atoms in total. The molecule has 0 aliphatic heterocycles. The Hall–Kier alpha value is -1.85. The van der Waals surface area contributed by atoms with Crippen LogP contribution in [0.15, 0.2) is 11.0 Å². The number of hydrogen-bond donors (Lipinski definition) is 2. The van der Waals surface area contributed by atoms with Gasteiger partial charge in [-0.3, -0.25) is 4.79 Å². The molecule has 0 amide bonds. The number of nitrogens with zero attached hydrogens (tertiary/aromatic N) is 2. The molecule has 0 fully saturated rings. The first-order valence-corrected chi connectivity index (χ1v) is 5.97. The molecule has 1 rings (SSSR count). The number of carbonyl (C=O) groups is 1. The zero-order valence-corrected chi connectivity index (χ0v) is 11.4. The number of rotatable bonds is 4. The highest BCUT2D eigenvalue weighted by Crippen LogP contribution is 2.24. The lowest BCUT2D eigenvalue weighted by Gasteiger charge is -2.24. The minimum atomic E-state index is -0.468. The van der Waals surface area contributed by atoms with E-state index in [0.29, 0.717) is 18.7 Å². The third-order valence-electron chi connectivity index (χ3n) is 2.51. The van der Waals surface area contributed by atoms with E-state index in [4.69, 9.17) is 11.6 Å². The van der Waals surface area contributed by atoms with Crippen LogP contribution < -0.4 is 17.1 Å². The summed E-state index contributed by atoms with van der Waals surface area (Å²) in [6.07, 6.45) is 3.10. The molecule has 6 heteroatoms. The van der Waals surface area contributed by atoms with Crippen LogP contribution in [0.2, 0.25) is 0 Å². The predicted octanol–water partition coefficient (Wildman–Crippen LogP) is 0.822. The average molecular weight is 254 g/mol. The van der Waals surface area contributed by atoms with Crippen molar-refractivity contribution >= 4 is 12.0 Å². The summed E-state index contributed by atoms with van der Waals surface area (Å²) >= 11 is 0. The number of nitrogen functional groups attached to an aromatic ring is 2. The van der Waals surface area contributed by atoms with Gasteiger partial charge in [-0.2, -0.15) is 0 Å². The van der Waals surface area contributed by atoms with Crippen LogP contribution in [-0.4, -0.2) is 15.9 Å². The SMILES string of the molecule is CC.CC(C)(CCC=O)c1ncc(N)c(=O)n1N. The molecule has 1 heterocycles. The molecular weight excluding hydrogens is 232 g/mol. The second-order valence-corrected chi connectivity index (χ2v) is 4.30. The molecule has 0 saturated carbocycles. The Morgan fingerprint density at radius 1 is 1.44 bits per heavy atom. The molecule has 1 aromatic rings. The lowest BCUT2D eigenvalue weighted by atomic mass is 9.87. The fourth-order valence-electron chi connectivity index (χ4n) is 1.52. The van der Waals surface area contributed by atoms with E-state index in [1.807, 2.05) is 27.7 Å². The minimum absolute atomic E-state index is 0.0115. The molecule has 0 bridgehead atoms. The maximum absolute atomic E-state index is 11.5. The maximum Gasteiger partial charge on any atom is 0.295 e. The van der Waals surface area contributed by atoms with E-state index in [-0.39, 0.29) is 5.69 Å². The van der Waals surface area contributed by atoms with E-state index in [1.54, 1.807) is 0 Å². The van der Waals surface area contributed by atoms with Crippen molar-refractivity contribution in [3.63, 3.8) is 0 Å². The normalized spacial score (nSPS) is 10.4. The molecule has 102 valence electrons. The van der Waals surface area contributed by atoms with Crippen molar-refractivity contribution in [3.05, 3.63) is 22.4 Å². The van der Waals surface area contributed by atoms with Crippen molar-refractivity contribution in [2.75, 3.05) is 11.6 Å². The van der Waals surface area contributed by atoms with Crippen LogP contribution in [0.3, 0.4) is 0 Å². The Morgan fingerprint density at radius 3 is 2.50 bits per heavy atom. The standard InChI is InChI=1S/C10H16N4O2.C2H6/c1-10(2,4-3-5-15)9-13-6-7(11)8(16)14(9)12;1-2/h5-6H,3-4,11-12H2,1-2H3;1-2H3. The van der Waals surface area contributed by atoms with E-state index in [1.165, 1.54) is 6.20 Å². The van der Waals surface area contributed by atoms with Crippen LogP contribution in [0.1, 0.15) is 46.4 Å². The Balaban J connectivity index is 0.00000137. The largest absolute Gasteiger partial charge is 0.393 e. The molecular formula is C12H22N4O2. The summed E-state index contributed by atoms with van der Waals surface area (Å²) in [6, 6.07) is 0. The second-order valence-electron chi connectivity index (χ2n) is 4.30. The monoisotopic (exact) mass is 254 g/mol. The summed E-state index contributed by atoms with van der Waals surface area (Å²) in [5.41, 5.74) is 4.50. The lowest BCUT2D eigenvalue weighted by Crippen LogP contribution is -2.38. The van der Waals surface area contributed by atoms with Crippen molar-refractivity contribution in [1.29, 1.82) is 0 Å². The van der Waals surface area contributed by atoms with Crippen molar-refractivity contribution in [3.8, 4) is 0 Å². The fraction of sp³-hybridized carbons (Fsp3) is 0.583. The Bertz CT molecular complexity index is 452. The average Bonchev–Trinajstić information content (AvgIpc) is 2.36. The zero-order valence-electron chi connectivity index (χ0n) is 11.4. The fourth-order valence-corrected chi connectivity index (χ4v) is 1.52. The molecule has 0 saturated heterocycles. The van der Waals surface area contributed by atoms with Crippen LogP contribution >= 0.6 is 0 Å². The van der Waals surface area contributed by atoms with E-state index in [9.17, 15) is 9.59 Å². The van der Waals surface area contributed by atoms with Crippen molar-refractivity contribution in [2.45, 2.75) is 46.0 Å². The van der Waals surface area contributed by atoms with Gasteiger partial charge < -0.3 is 16.4 Å². The smallest absolute Gasteiger partial charge is 0.295 e. The first-order valence-electron chi connectivity index (χ1n) is 5.97. The van der Waals surface area contributed by atoms with Gasteiger partial charge in [0, 0.05) is 11.8 Å². The second kappa shape index (κ2) is 6.78. The Kier molecular flexibility index (Phi) is 6.08. The highest BCUT2D eigenvalue weighted by Gasteiger charge is 2.25. The van der Waals surface area contributed by atoms with Gasteiger partial charge in [-0.05, 0) is 6.42 Å². The first kappa shape index (κ1) is 16.1. The van der Waals surface area contributed by atoms with Gasteiger partial charge in [0.1, 0.15) is 17.8 Å². The van der Waals surface area contributed by atoms with E-state index in [2.05, 4.69) is 4.98 Å². The van der Waals surface area contributed by atoms with E-state index < -0.39 is 11.0 Å². The van der Waals surface area contributed by atoms with Crippen molar-refractivity contribution < 1.29 is 4.79 Å². The van der Waals surface area contributed by atoms with Gasteiger partial charge in [-0.25, -0.2) is 9.66 Å². The number of anilines is 1. The number of hydrogen-bond acceptors (Lipinski definition) is 5. The van der Waals surface area contributed by atoms with Crippen LogP contribution in [0.25, 0.3) is 0 Å². The molecule has 18 heavy (non-hydrogen) atoms. The highest BCUT2D eigenvalue weighted by molar-refractivity contribution is 5.49. The number of nitrogens with two attached hydrogens (primary N) is 2. The van der Waals surface area contributed by atoms with Crippen LogP contribution in [0.5, 0.6) is 0 Å². The lowest BCUT2D eigenvalue weighted by molar-refractivity contribution is -0.108. The van der Waals surface area contributed by atoms with Gasteiger partial charge in [-0.1, -0.05) is 27.7 Å². The maximum atomic E-state index is 11.5. The first-order chi connectivity index (χ1) is 8.40. The number of aromatic nitrogens is 2. The topological polar surface area (TPSA) is 104 Å². The van der Waals surface area contributed by atoms with Gasteiger partial charge >= 0.3 is 0 Å². The molecule has 0 unspecified atom stereocenters. The van der Waals surface area contributed by atoms with E-state index >= 15 is 0 Å². The number of aldehydes is 1. The van der Waals surface area contributed by atoms with Gasteiger partial charge in [0.25, 0.3) is 5.56 Å². The molecule has 1 aromatic heterocycles. The predicted molar refractivity (Wildman–Crippen MR) is 72.7 cm³/mol. The van der Waals surface area contributed by atoms with Gasteiger partial charge in [0.2, 0.25) is 0 Å². The van der Waals surface area contributed by atoms with Gasteiger partial charge in [0.15, 0.2) is 0 Å². The Labute approximate surface area is 107 Å². The molecule has 0 radical (unpaired) electrons. The molecule has 4 N–H and O–H groups in total. The molecule has 0 aromatic carbocycles. The molecule has 0 aliphatic carbocycles. The molecule has 0 spiro atoms. The third-order valence-corrected chi connectivity index (χ3v) is 2.51. The Morgan fingerprint density at radius 2 is 2.00 bits per heavy atom. The summed E-state index contributed by atoms with van der Waals surface area (Å²) in [6.45, 7) is 7.75. The summed E-state index contributed by atoms with van der Waals surface area (Å²) in [4.78, 5) is 25.9. The van der Waals surface area contributed by atoms with Gasteiger partial charge in [-0.15, -0.1) is 0 Å². The molecule has 0 atom stereocenters. The summed E-state index contributed by atoms with van der Waals surface area (Å²) in [5, 5.41) is 0. The van der Waals surface area contributed by atoms with Crippen LogP contribution in [-0.2, 0) is 10.2 Å². The van der Waals surface area contributed by atoms with E-state index in [0.717, 1.165) is 11.0 Å². The van der Waals surface area contributed by atoms with Crippen LogP contribution in [0, 0.1) is 0 Å². The molecule has 0 aliphatic rings. The van der Waals surface area contributed by atoms with Gasteiger partial charge in [0.05, 0.1) is 6.20 Å².